The quantitative estimate of drug-likeness (QED) is 0.272. The van der Waals surface area contributed by atoms with Gasteiger partial charge in [0.1, 0.15) is 5.97 Å². The predicted octanol–water partition coefficient (Wildman–Crippen LogP) is 0.882. The second-order valence-corrected chi connectivity index (χ2v) is 5.26. The van der Waals surface area contributed by atoms with Crippen LogP contribution in [0.25, 0.3) is 0 Å². The number of hydrogen-bond acceptors (Lipinski definition) is 4. The third kappa shape index (κ3) is 5.57. The van der Waals surface area contributed by atoms with Crippen LogP contribution in [0.2, 0.25) is 0 Å². The fraction of sp³-hybridized carbons (Fsp3) is 0.889. The zero-order valence-electron chi connectivity index (χ0n) is 13.6. The van der Waals surface area contributed by atoms with Crippen molar-refractivity contribution in [3.8, 4) is 0 Å². The summed E-state index contributed by atoms with van der Waals surface area (Å²) in [4.78, 5) is 9.75. The normalized spacial score (nSPS) is 18.6. The summed E-state index contributed by atoms with van der Waals surface area (Å²) in [6.45, 7) is 0. The molecule has 0 bridgehead atoms. The van der Waals surface area contributed by atoms with Crippen molar-refractivity contribution in [1.82, 2.24) is 0 Å². The molecule has 0 fully saturated rings. The Bertz CT molecular complexity index is 643. The molecule has 4 nitrogen and oxygen atoms in total. The van der Waals surface area contributed by atoms with E-state index in [2.05, 4.69) is 11.6 Å². The van der Waals surface area contributed by atoms with Crippen molar-refractivity contribution >= 4 is 17.6 Å². The average Bonchev–Trinajstić information content (AvgIpc) is 2.40. The van der Waals surface area contributed by atoms with Crippen molar-refractivity contribution in [2.75, 3.05) is 0 Å². The summed E-state index contributed by atoms with van der Waals surface area (Å²) in [5.41, 5.74) is -7.88. The molecule has 180 valence electrons. The molecule has 22 heteroatoms. The molecule has 0 aromatic heterocycles. The van der Waals surface area contributed by atoms with E-state index in [0.29, 0.717) is 0 Å². The van der Waals surface area contributed by atoms with Gasteiger partial charge in [0.15, 0.2) is 0 Å². The molecule has 2 atom stereocenters. The summed E-state index contributed by atoms with van der Waals surface area (Å²) in [7, 11) is 0. The Labute approximate surface area is 174 Å². The molecule has 0 aliphatic heterocycles. The summed E-state index contributed by atoms with van der Waals surface area (Å²) in [5.74, 6) is -12.2. The molecule has 2 unspecified atom stereocenters. The Hall–Kier alpha value is -0.843. The van der Waals surface area contributed by atoms with Crippen LogP contribution >= 0.6 is 11.6 Å². The third-order valence-corrected chi connectivity index (χ3v) is 2.94. The van der Waals surface area contributed by atoms with Gasteiger partial charge in [-0.25, -0.2) is 9.13 Å². The molecule has 0 saturated heterocycles. The first-order chi connectivity index (χ1) is 12.6. The van der Waals surface area contributed by atoms with Crippen molar-refractivity contribution < 1.29 is 108 Å². The standard InChI is InChI=1S/C9HClF16O4.Li/c10-5(15,16)3(13,6(17,18)19)8(23,24)30-4(14,7(20,21)22)9(25,26)29-2(11,12)1(27)28;/h(H,27,28);/q;+1/p-1. The van der Waals surface area contributed by atoms with E-state index in [1.54, 1.807) is 0 Å². The van der Waals surface area contributed by atoms with Gasteiger partial charge in [0, 0.05) is 0 Å². The van der Waals surface area contributed by atoms with Gasteiger partial charge >= 0.3 is 66.4 Å². The number of carbonyl (C=O) groups is 1. The van der Waals surface area contributed by atoms with Crippen LogP contribution in [-0.2, 0) is 14.3 Å². The molecule has 0 amide bonds. The molecule has 31 heavy (non-hydrogen) atoms. The fourth-order valence-electron chi connectivity index (χ4n) is 1.29. The van der Waals surface area contributed by atoms with Gasteiger partial charge in [0.2, 0.25) is 0 Å². The van der Waals surface area contributed by atoms with E-state index in [4.69, 9.17) is 0 Å². The molecule has 0 aromatic carbocycles. The summed E-state index contributed by atoms with van der Waals surface area (Å²) in [5, 5.41) is 2.70. The smallest absolute Gasteiger partial charge is 0.542 e. The van der Waals surface area contributed by atoms with Crippen LogP contribution in [0.1, 0.15) is 0 Å². The van der Waals surface area contributed by atoms with Crippen molar-refractivity contribution in [2.24, 2.45) is 0 Å². The number of rotatable bonds is 8. The van der Waals surface area contributed by atoms with Gasteiger partial charge in [-0.15, -0.1) is 0 Å². The number of ether oxygens (including phenoxy) is 2. The topological polar surface area (TPSA) is 58.6 Å². The van der Waals surface area contributed by atoms with E-state index in [9.17, 15) is 80.1 Å². The van der Waals surface area contributed by atoms with Gasteiger partial charge in [-0.05, 0) is 11.6 Å². The molecule has 0 saturated carbocycles. The van der Waals surface area contributed by atoms with Gasteiger partial charge in [-0.1, -0.05) is 0 Å². The number of carboxylic acids is 1. The minimum absolute atomic E-state index is 0. The first-order valence-corrected chi connectivity index (χ1v) is 6.32. The maximum absolute atomic E-state index is 13.6. The van der Waals surface area contributed by atoms with Gasteiger partial charge in [-0.3, -0.25) is 4.74 Å². The first kappa shape index (κ1) is 32.3. The molecule has 0 aliphatic rings. The largest absolute Gasteiger partial charge is 1.00 e. The number of carbonyl (C=O) groups excluding carboxylic acids is 1. The first-order valence-electron chi connectivity index (χ1n) is 5.94. The van der Waals surface area contributed by atoms with Crippen molar-refractivity contribution in [3.05, 3.63) is 0 Å². The molecular weight excluding hydrogens is 518 g/mol. The SMILES string of the molecule is O=C([O-])C(F)(F)OC(F)(F)C(F)(OC(F)(F)C(F)(C(F)(F)F)C(F)(F)Cl)C(F)(F)F.[Li+]. The van der Waals surface area contributed by atoms with E-state index in [0.717, 1.165) is 0 Å². The van der Waals surface area contributed by atoms with Crippen molar-refractivity contribution in [2.45, 2.75) is 47.6 Å². The zero-order valence-corrected chi connectivity index (χ0v) is 14.3. The number of hydrogen-bond donors (Lipinski definition) is 0. The zero-order chi connectivity index (χ0) is 25.0. The van der Waals surface area contributed by atoms with E-state index in [1.807, 2.05) is 0 Å². The van der Waals surface area contributed by atoms with Crippen LogP contribution in [0.4, 0.5) is 70.2 Å². The number of alkyl halides is 17. The van der Waals surface area contributed by atoms with Crippen LogP contribution in [0, 0.1) is 0 Å². The van der Waals surface area contributed by atoms with Crippen LogP contribution in [0.15, 0.2) is 0 Å². The molecule has 0 heterocycles. The molecule has 0 aromatic rings. The molecule has 0 rings (SSSR count). The Morgan fingerprint density at radius 3 is 1.23 bits per heavy atom. The average molecular weight is 518 g/mol. The molecular formula is C9ClF16LiO4. The van der Waals surface area contributed by atoms with Gasteiger partial charge in [0.05, 0.1) is 0 Å². The van der Waals surface area contributed by atoms with E-state index in [1.165, 1.54) is 9.47 Å². The van der Waals surface area contributed by atoms with E-state index >= 15 is 0 Å². The second kappa shape index (κ2) is 8.50. The minimum atomic E-state index is -8.05. The summed E-state index contributed by atoms with van der Waals surface area (Å²) < 4.78 is 207. The maximum atomic E-state index is 13.6. The molecule has 0 radical (unpaired) electrons. The third-order valence-electron chi connectivity index (χ3n) is 2.68. The number of halogens is 17. The second-order valence-electron chi connectivity index (χ2n) is 4.79. The summed E-state index contributed by atoms with van der Waals surface area (Å²) >= 11 is 3.40. The molecule has 0 N–H and O–H groups in total. The Morgan fingerprint density at radius 2 is 1.00 bits per heavy atom. The van der Waals surface area contributed by atoms with Crippen LogP contribution < -0.4 is 24.0 Å². The predicted molar refractivity (Wildman–Crippen MR) is 52.6 cm³/mol. The van der Waals surface area contributed by atoms with Crippen LogP contribution in [0.5, 0.6) is 0 Å². The van der Waals surface area contributed by atoms with Crippen LogP contribution in [0.3, 0.4) is 0 Å². The van der Waals surface area contributed by atoms with Gasteiger partial charge in [-0.2, -0.15) is 65.9 Å². The monoisotopic (exact) mass is 518 g/mol. The fourth-order valence-corrected chi connectivity index (χ4v) is 1.51. The molecule has 0 aliphatic carbocycles. The van der Waals surface area contributed by atoms with Crippen molar-refractivity contribution in [1.29, 1.82) is 0 Å². The van der Waals surface area contributed by atoms with Gasteiger partial charge < -0.3 is 9.90 Å². The summed E-state index contributed by atoms with van der Waals surface area (Å²) in [6, 6.07) is 0. The minimum Gasteiger partial charge on any atom is -0.542 e. The Balaban J connectivity index is 0. The Kier molecular flexibility index (Phi) is 8.86. The van der Waals surface area contributed by atoms with Crippen molar-refractivity contribution in [3.63, 3.8) is 0 Å². The Morgan fingerprint density at radius 1 is 0.645 bits per heavy atom. The maximum Gasteiger partial charge on any atom is 1.00 e. The number of carboxylic acid groups (broad SMARTS) is 1. The van der Waals surface area contributed by atoms with Gasteiger partial charge in [0.25, 0.3) is 0 Å². The van der Waals surface area contributed by atoms with E-state index in [-0.39, 0.29) is 18.9 Å². The summed E-state index contributed by atoms with van der Waals surface area (Å²) in [6.07, 6.45) is -38.1. The van der Waals surface area contributed by atoms with Crippen LogP contribution in [-0.4, -0.2) is 53.6 Å². The molecule has 0 spiro atoms. The number of aliphatic carboxylic acids is 1. The van der Waals surface area contributed by atoms with E-state index < -0.39 is 53.6 Å².